The summed E-state index contributed by atoms with van der Waals surface area (Å²) >= 11 is 0. The molecule has 0 atom stereocenters. The molecule has 0 spiro atoms. The Kier molecular flexibility index (Phi) is 5.58. The first-order valence-electron chi connectivity index (χ1n) is 10.5. The number of para-hydroxylation sites is 1. The van der Waals surface area contributed by atoms with E-state index in [9.17, 15) is 4.79 Å². The second kappa shape index (κ2) is 8.14. The zero-order valence-corrected chi connectivity index (χ0v) is 17.5. The van der Waals surface area contributed by atoms with E-state index >= 15 is 0 Å². The van der Waals surface area contributed by atoms with Crippen LogP contribution in [0.5, 0.6) is 5.75 Å². The van der Waals surface area contributed by atoms with Crippen LogP contribution in [0, 0.1) is 12.8 Å². The molecule has 0 bridgehead atoms. The predicted molar refractivity (Wildman–Crippen MR) is 109 cm³/mol. The van der Waals surface area contributed by atoms with E-state index in [-0.39, 0.29) is 17.9 Å². The second-order valence-electron chi connectivity index (χ2n) is 8.94. The van der Waals surface area contributed by atoms with E-state index in [0.29, 0.717) is 17.3 Å². The van der Waals surface area contributed by atoms with Crippen LogP contribution in [0.15, 0.2) is 22.8 Å². The third kappa shape index (κ3) is 4.78. The van der Waals surface area contributed by atoms with Gasteiger partial charge in [-0.05, 0) is 58.2 Å². The lowest BCUT2D eigenvalue weighted by Crippen LogP contribution is -2.38. The van der Waals surface area contributed by atoms with E-state index in [1.165, 1.54) is 11.1 Å². The van der Waals surface area contributed by atoms with Gasteiger partial charge in [-0.2, -0.15) is 0 Å². The standard InChI is InChI=1S/C22H30N4O3/c1-15-19(25-29-24-15)11-20(27)23-13-16-7-9-26(10-8-16)14-18-6-4-5-17-12-22(2,3)28-21(17)18/h4-6,16H,7-14H2,1-3H3,(H,23,27). The Morgan fingerprint density at radius 2 is 2.07 bits per heavy atom. The van der Waals surface area contributed by atoms with Crippen LogP contribution < -0.4 is 10.1 Å². The Hall–Kier alpha value is -2.41. The number of amides is 1. The normalized spacial score (nSPS) is 19.0. The number of rotatable bonds is 6. The van der Waals surface area contributed by atoms with Gasteiger partial charge in [0, 0.05) is 25.1 Å². The molecule has 1 fully saturated rings. The highest BCUT2D eigenvalue weighted by Crippen LogP contribution is 2.38. The Morgan fingerprint density at radius 3 is 2.79 bits per heavy atom. The van der Waals surface area contributed by atoms with E-state index in [1.807, 2.05) is 0 Å². The second-order valence-corrected chi connectivity index (χ2v) is 8.94. The van der Waals surface area contributed by atoms with Crippen LogP contribution in [-0.4, -0.2) is 46.4 Å². The maximum atomic E-state index is 12.1. The number of hydrogen-bond acceptors (Lipinski definition) is 6. The summed E-state index contributed by atoms with van der Waals surface area (Å²) in [7, 11) is 0. The molecule has 2 aliphatic heterocycles. The number of fused-ring (bicyclic) bond motifs is 1. The molecule has 0 aliphatic carbocycles. The number of ether oxygens (including phenoxy) is 1. The summed E-state index contributed by atoms with van der Waals surface area (Å²) in [6.07, 6.45) is 3.38. The first-order chi connectivity index (χ1) is 13.9. The van der Waals surface area contributed by atoms with Crippen molar-refractivity contribution >= 4 is 5.91 Å². The van der Waals surface area contributed by atoms with Crippen molar-refractivity contribution in [1.29, 1.82) is 0 Å². The monoisotopic (exact) mass is 398 g/mol. The summed E-state index contributed by atoms with van der Waals surface area (Å²) in [6, 6.07) is 6.51. The maximum Gasteiger partial charge on any atom is 0.226 e. The Labute approximate surface area is 171 Å². The Morgan fingerprint density at radius 1 is 1.28 bits per heavy atom. The number of hydrogen-bond donors (Lipinski definition) is 1. The van der Waals surface area contributed by atoms with Crippen LogP contribution in [0.2, 0.25) is 0 Å². The van der Waals surface area contributed by atoms with Crippen molar-refractivity contribution in [1.82, 2.24) is 20.5 Å². The lowest BCUT2D eigenvalue weighted by Gasteiger charge is -2.32. The molecule has 156 valence electrons. The van der Waals surface area contributed by atoms with Crippen molar-refractivity contribution in [2.45, 2.75) is 58.6 Å². The minimum absolute atomic E-state index is 0.0224. The van der Waals surface area contributed by atoms with Gasteiger partial charge in [-0.25, -0.2) is 4.63 Å². The number of nitrogens with zero attached hydrogens (tertiary/aromatic N) is 3. The molecule has 7 nitrogen and oxygen atoms in total. The van der Waals surface area contributed by atoms with Crippen LogP contribution in [0.3, 0.4) is 0 Å². The number of carbonyl (C=O) groups excluding carboxylic acids is 1. The average molecular weight is 399 g/mol. The number of carbonyl (C=O) groups is 1. The molecule has 7 heteroatoms. The third-order valence-corrected chi connectivity index (χ3v) is 5.94. The number of likely N-dealkylation sites (tertiary alicyclic amines) is 1. The van der Waals surface area contributed by atoms with Crippen molar-refractivity contribution in [3.8, 4) is 5.75 Å². The maximum absolute atomic E-state index is 12.1. The summed E-state index contributed by atoms with van der Waals surface area (Å²) < 4.78 is 10.9. The van der Waals surface area contributed by atoms with E-state index in [4.69, 9.17) is 4.74 Å². The summed E-state index contributed by atoms with van der Waals surface area (Å²) in [5, 5.41) is 10.5. The van der Waals surface area contributed by atoms with Gasteiger partial charge < -0.3 is 10.1 Å². The molecule has 4 rings (SSSR count). The van der Waals surface area contributed by atoms with Crippen molar-refractivity contribution in [3.63, 3.8) is 0 Å². The lowest BCUT2D eigenvalue weighted by atomic mass is 9.96. The van der Waals surface area contributed by atoms with Gasteiger partial charge in [-0.1, -0.05) is 28.5 Å². The molecule has 2 aromatic rings. The fraction of sp³-hybridized carbons (Fsp3) is 0.591. The van der Waals surface area contributed by atoms with Gasteiger partial charge in [-0.3, -0.25) is 9.69 Å². The first kappa shape index (κ1) is 19.9. The molecule has 0 radical (unpaired) electrons. The number of aryl methyl sites for hydroxylation is 1. The van der Waals surface area contributed by atoms with Gasteiger partial charge >= 0.3 is 0 Å². The first-order valence-corrected chi connectivity index (χ1v) is 10.5. The number of aromatic nitrogens is 2. The van der Waals surface area contributed by atoms with Gasteiger partial charge in [0.1, 0.15) is 22.7 Å². The molecule has 1 aromatic carbocycles. The van der Waals surface area contributed by atoms with Crippen LogP contribution in [0.25, 0.3) is 0 Å². The minimum atomic E-state index is -0.107. The fourth-order valence-corrected chi connectivity index (χ4v) is 4.28. The molecular weight excluding hydrogens is 368 g/mol. The minimum Gasteiger partial charge on any atom is -0.487 e. The number of nitrogens with one attached hydrogen (secondary N) is 1. The molecule has 1 saturated heterocycles. The molecule has 1 amide bonds. The molecule has 0 saturated carbocycles. The Bertz CT molecular complexity index is 869. The molecule has 29 heavy (non-hydrogen) atoms. The fourth-order valence-electron chi connectivity index (χ4n) is 4.28. The molecule has 1 aromatic heterocycles. The van der Waals surface area contributed by atoms with Crippen LogP contribution in [0.4, 0.5) is 0 Å². The van der Waals surface area contributed by atoms with E-state index < -0.39 is 0 Å². The summed E-state index contributed by atoms with van der Waals surface area (Å²) in [4.78, 5) is 14.6. The van der Waals surface area contributed by atoms with Gasteiger partial charge in [0.25, 0.3) is 0 Å². The molecule has 1 N–H and O–H groups in total. The van der Waals surface area contributed by atoms with E-state index in [1.54, 1.807) is 6.92 Å². The summed E-state index contributed by atoms with van der Waals surface area (Å²) in [6.45, 7) is 9.82. The van der Waals surface area contributed by atoms with Gasteiger partial charge in [0.2, 0.25) is 5.91 Å². The highest BCUT2D eigenvalue weighted by molar-refractivity contribution is 5.78. The summed E-state index contributed by atoms with van der Waals surface area (Å²) in [5.41, 5.74) is 3.79. The third-order valence-electron chi connectivity index (χ3n) is 5.94. The van der Waals surface area contributed by atoms with Crippen molar-refractivity contribution < 1.29 is 14.2 Å². The number of benzene rings is 1. The smallest absolute Gasteiger partial charge is 0.226 e. The highest BCUT2D eigenvalue weighted by atomic mass is 16.6. The topological polar surface area (TPSA) is 80.5 Å². The van der Waals surface area contributed by atoms with Gasteiger partial charge in [0.15, 0.2) is 0 Å². The van der Waals surface area contributed by atoms with Crippen molar-refractivity contribution in [3.05, 3.63) is 40.7 Å². The van der Waals surface area contributed by atoms with Crippen molar-refractivity contribution in [2.75, 3.05) is 19.6 Å². The quantitative estimate of drug-likeness (QED) is 0.806. The Balaban J connectivity index is 1.23. The SMILES string of the molecule is Cc1nonc1CC(=O)NCC1CCN(Cc2cccc3c2OC(C)(C)C3)CC1. The summed E-state index contributed by atoms with van der Waals surface area (Å²) in [5.74, 6) is 1.58. The van der Waals surface area contributed by atoms with Crippen LogP contribution in [-0.2, 0) is 24.2 Å². The highest BCUT2D eigenvalue weighted by Gasteiger charge is 2.32. The van der Waals surface area contributed by atoms with Gasteiger partial charge in [-0.15, -0.1) is 0 Å². The molecular formula is C22H30N4O3. The predicted octanol–water partition coefficient (Wildman–Crippen LogP) is 2.66. The van der Waals surface area contributed by atoms with E-state index in [2.05, 4.69) is 57.2 Å². The van der Waals surface area contributed by atoms with Crippen molar-refractivity contribution in [2.24, 2.45) is 5.92 Å². The molecule has 2 aliphatic rings. The average Bonchev–Trinajstić information content (AvgIpc) is 3.23. The molecule has 3 heterocycles. The largest absolute Gasteiger partial charge is 0.487 e. The molecule has 0 unspecified atom stereocenters. The van der Waals surface area contributed by atoms with Gasteiger partial charge in [0.05, 0.1) is 6.42 Å². The lowest BCUT2D eigenvalue weighted by molar-refractivity contribution is -0.120. The zero-order valence-electron chi connectivity index (χ0n) is 17.5. The van der Waals surface area contributed by atoms with E-state index in [0.717, 1.165) is 51.2 Å². The van der Waals surface area contributed by atoms with Crippen LogP contribution >= 0.6 is 0 Å². The number of piperidine rings is 1. The van der Waals surface area contributed by atoms with Crippen LogP contribution in [0.1, 0.15) is 49.2 Å². The zero-order chi connectivity index (χ0) is 20.4.